The maximum absolute atomic E-state index is 2.87. The van der Waals surface area contributed by atoms with E-state index in [9.17, 15) is 0 Å². The van der Waals surface area contributed by atoms with Crippen LogP contribution < -0.4 is 20.7 Å². The lowest BCUT2D eigenvalue weighted by atomic mass is 9.92. The number of para-hydroxylation sites is 2. The van der Waals surface area contributed by atoms with Gasteiger partial charge in [-0.3, -0.25) is 0 Å². The molecule has 3 heterocycles. The molecule has 0 amide bonds. The molecule has 328 valence electrons. The molecule has 0 unspecified atom stereocenters. The second-order valence-electron chi connectivity index (χ2n) is 18.3. The molecule has 14 rings (SSSR count). The number of rotatable bonds is 8. The Morgan fingerprint density at radius 3 is 1.51 bits per heavy atom. The number of hydrogen-bond acceptors (Lipinski definition) is 1. The second kappa shape index (κ2) is 16.3. The Morgan fingerprint density at radius 2 is 0.829 bits per heavy atom. The average Bonchev–Trinajstić information content (AvgIpc) is 4.11. The highest BCUT2D eigenvalue weighted by molar-refractivity contribution is 7.30. The van der Waals surface area contributed by atoms with Gasteiger partial charge in [-0.2, -0.15) is 0 Å². The second-order valence-corrected chi connectivity index (χ2v) is 23.1. The molecule has 0 spiro atoms. The van der Waals surface area contributed by atoms with Crippen LogP contribution in [0.1, 0.15) is 0 Å². The van der Waals surface area contributed by atoms with Crippen molar-refractivity contribution in [2.75, 3.05) is 0 Å². The first-order chi connectivity index (χ1) is 34.8. The summed E-state index contributed by atoms with van der Waals surface area (Å²) in [4.78, 5) is 0. The first-order valence-corrected chi connectivity index (χ1v) is 26.9. The summed E-state index contributed by atoms with van der Waals surface area (Å²) >= 11 is 1.94. The number of thiophene rings is 1. The molecule has 0 N–H and O–H groups in total. The van der Waals surface area contributed by atoms with Gasteiger partial charge in [-0.15, -0.1) is 11.3 Å². The minimum Gasteiger partial charge on any atom is -0.309 e. The Balaban J connectivity index is 1.03. The van der Waals surface area contributed by atoms with Crippen molar-refractivity contribution in [3.63, 3.8) is 0 Å². The molecule has 0 aliphatic carbocycles. The van der Waals surface area contributed by atoms with Crippen LogP contribution in [-0.2, 0) is 0 Å². The van der Waals surface area contributed by atoms with E-state index < -0.39 is 8.07 Å². The molecular weight excluding hydrogens is 881 g/mol. The third kappa shape index (κ3) is 6.04. The maximum atomic E-state index is 2.54. The summed E-state index contributed by atoms with van der Waals surface area (Å²) in [6.45, 7) is 0. The molecule has 0 saturated heterocycles. The monoisotopic (exact) mass is 924 g/mol. The zero-order valence-corrected chi connectivity index (χ0v) is 40.0. The van der Waals surface area contributed by atoms with Gasteiger partial charge in [0.25, 0.3) is 0 Å². The Bertz CT molecular complexity index is 4190. The fourth-order valence-corrected chi connectivity index (χ4v) is 18.4. The largest absolute Gasteiger partial charge is 0.309 e. The van der Waals surface area contributed by atoms with Crippen LogP contribution in [0.15, 0.2) is 267 Å². The van der Waals surface area contributed by atoms with E-state index in [0.717, 1.165) is 5.69 Å². The van der Waals surface area contributed by atoms with Crippen LogP contribution in [-0.4, -0.2) is 17.2 Å². The fraction of sp³-hybridized carbons (Fsp3) is 0. The van der Waals surface area contributed by atoms with Crippen LogP contribution in [0.5, 0.6) is 0 Å². The molecule has 4 heteroatoms. The number of aromatic nitrogens is 2. The summed E-state index contributed by atoms with van der Waals surface area (Å²) in [5.41, 5.74) is 12.0. The van der Waals surface area contributed by atoms with Gasteiger partial charge in [-0.25, -0.2) is 0 Å². The molecule has 14 aromatic rings. The van der Waals surface area contributed by atoms with E-state index in [-0.39, 0.29) is 0 Å². The van der Waals surface area contributed by atoms with Crippen molar-refractivity contribution in [3.8, 4) is 33.6 Å². The van der Waals surface area contributed by atoms with Gasteiger partial charge >= 0.3 is 0 Å². The first-order valence-electron chi connectivity index (χ1n) is 24.1. The summed E-state index contributed by atoms with van der Waals surface area (Å²) in [6, 6.07) is 99.4. The molecule has 11 aromatic carbocycles. The van der Waals surface area contributed by atoms with E-state index in [4.69, 9.17) is 0 Å². The minimum absolute atomic E-state index is 1.14. The zero-order valence-electron chi connectivity index (χ0n) is 38.2. The number of benzene rings is 11. The Morgan fingerprint density at radius 1 is 0.314 bits per heavy atom. The van der Waals surface area contributed by atoms with Gasteiger partial charge in [-0.05, 0) is 91.5 Å². The summed E-state index contributed by atoms with van der Waals surface area (Å²) in [7, 11) is -2.87. The lowest BCUT2D eigenvalue weighted by Crippen LogP contribution is -2.74. The molecule has 70 heavy (non-hydrogen) atoms. The maximum Gasteiger partial charge on any atom is 0.181 e. The molecule has 3 aromatic heterocycles. The van der Waals surface area contributed by atoms with E-state index in [1.54, 1.807) is 0 Å². The zero-order chi connectivity index (χ0) is 46.2. The van der Waals surface area contributed by atoms with E-state index in [1.807, 2.05) is 11.3 Å². The quantitative estimate of drug-likeness (QED) is 0.106. The highest BCUT2D eigenvalue weighted by atomic mass is 32.1. The molecule has 0 radical (unpaired) electrons. The minimum atomic E-state index is -2.87. The number of fused-ring (bicyclic) bond motifs is 9. The molecule has 0 aliphatic heterocycles. The summed E-state index contributed by atoms with van der Waals surface area (Å²) in [6.07, 6.45) is 0. The van der Waals surface area contributed by atoms with E-state index in [2.05, 4.69) is 276 Å². The van der Waals surface area contributed by atoms with Crippen molar-refractivity contribution in [2.24, 2.45) is 0 Å². The fourth-order valence-electron chi connectivity index (χ4n) is 11.8. The van der Waals surface area contributed by atoms with Crippen LogP contribution in [0.2, 0.25) is 0 Å². The van der Waals surface area contributed by atoms with Gasteiger partial charge in [0.2, 0.25) is 0 Å². The van der Waals surface area contributed by atoms with Crippen LogP contribution in [0.4, 0.5) is 0 Å². The summed E-state index contributed by atoms with van der Waals surface area (Å²) < 4.78 is 7.66. The van der Waals surface area contributed by atoms with E-state index in [0.29, 0.717) is 0 Å². The van der Waals surface area contributed by atoms with Crippen LogP contribution in [0, 0.1) is 0 Å². The van der Waals surface area contributed by atoms with Crippen molar-refractivity contribution in [1.82, 2.24) is 9.13 Å². The van der Waals surface area contributed by atoms with Crippen molar-refractivity contribution in [2.45, 2.75) is 0 Å². The molecule has 0 bridgehead atoms. The van der Waals surface area contributed by atoms with Gasteiger partial charge in [-0.1, -0.05) is 218 Å². The van der Waals surface area contributed by atoms with Crippen LogP contribution in [0.3, 0.4) is 0 Å². The van der Waals surface area contributed by atoms with Gasteiger partial charge in [0.1, 0.15) is 0 Å². The topological polar surface area (TPSA) is 9.86 Å². The lowest BCUT2D eigenvalue weighted by molar-refractivity contribution is 1.17. The third-order valence-corrected chi connectivity index (χ3v) is 20.9. The number of nitrogens with zero attached hydrogens (tertiary/aromatic N) is 2. The highest BCUT2D eigenvalue weighted by Gasteiger charge is 2.43. The van der Waals surface area contributed by atoms with Crippen LogP contribution >= 0.6 is 11.3 Å². The molecule has 0 saturated carbocycles. The van der Waals surface area contributed by atoms with Crippen molar-refractivity contribution in [1.29, 1.82) is 0 Å². The van der Waals surface area contributed by atoms with Gasteiger partial charge in [0, 0.05) is 47.4 Å². The highest BCUT2D eigenvalue weighted by Crippen LogP contribution is 2.44. The molecular formula is C66H44N2SSi. The molecule has 0 aliphatic rings. The molecule has 0 fully saturated rings. The smallest absolute Gasteiger partial charge is 0.181 e. The summed E-state index contributed by atoms with van der Waals surface area (Å²) in [5, 5.41) is 13.1. The molecule has 2 nitrogen and oxygen atoms in total. The number of hydrogen-bond donors (Lipinski definition) is 0. The summed E-state index contributed by atoms with van der Waals surface area (Å²) in [5.74, 6) is 0. The predicted octanol–water partition coefficient (Wildman–Crippen LogP) is 15.0. The Labute approximate surface area is 411 Å². The predicted molar refractivity (Wildman–Crippen MR) is 302 cm³/mol. The normalized spacial score (nSPS) is 12.0. The Kier molecular flexibility index (Phi) is 9.44. The van der Waals surface area contributed by atoms with Crippen molar-refractivity contribution < 1.29 is 0 Å². The third-order valence-electron chi connectivity index (χ3n) is 14.7. The van der Waals surface area contributed by atoms with Crippen molar-refractivity contribution >= 4 is 104 Å². The van der Waals surface area contributed by atoms with E-state index >= 15 is 0 Å². The van der Waals surface area contributed by atoms with Gasteiger partial charge < -0.3 is 9.13 Å². The van der Waals surface area contributed by atoms with Gasteiger partial charge in [0.15, 0.2) is 8.07 Å². The standard InChI is InChI=1S/C66H44N2SSi/c1-5-22-45(23-6-1)50-30-13-14-31-51(50)53-35-21-38-60-64(53)54-33-16-19-37-58(54)67(60)46-40-41-59-56(44-46)52-32-15-18-36-57(52)68(59)61-42-43-63(66-65(61)55-34-17-20-39-62(55)69-66)70(47-24-7-2-8-25-47,48-26-9-3-10-27-48)49-28-11-4-12-29-49/h1-44H. The van der Waals surface area contributed by atoms with E-state index in [1.165, 1.54) is 112 Å². The van der Waals surface area contributed by atoms with Crippen molar-refractivity contribution in [3.05, 3.63) is 267 Å². The average molecular weight is 925 g/mol. The molecule has 0 atom stereocenters. The lowest BCUT2D eigenvalue weighted by Gasteiger charge is -2.35. The van der Waals surface area contributed by atoms with Gasteiger partial charge in [0.05, 0.1) is 27.8 Å². The van der Waals surface area contributed by atoms with Crippen LogP contribution in [0.25, 0.3) is 97.4 Å². The Hall–Kier alpha value is -8.54. The first kappa shape index (κ1) is 40.5. The SMILES string of the molecule is c1ccc(-c2ccccc2-c2cccc3c2c2ccccc2n3-c2ccc3c(c2)c2ccccc2n3-c2ccc([Si](c3ccccc3)(c3ccccc3)c3ccccc3)c3sc4ccccc4c23)cc1.